The van der Waals surface area contributed by atoms with Gasteiger partial charge in [0.1, 0.15) is 0 Å². The maximum absolute atomic E-state index is 13.3. The van der Waals surface area contributed by atoms with Gasteiger partial charge in [0.2, 0.25) is 0 Å². The van der Waals surface area contributed by atoms with Gasteiger partial charge in [0.05, 0.1) is 6.04 Å². The molecule has 2 saturated heterocycles. The number of nitrogens with one attached hydrogen (secondary N) is 1. The number of rotatable bonds is 3. The van der Waals surface area contributed by atoms with Crippen LogP contribution in [0.1, 0.15) is 51.2 Å². The van der Waals surface area contributed by atoms with Crippen LogP contribution in [-0.2, 0) is 11.8 Å². The Morgan fingerprint density at radius 1 is 0.967 bits per heavy atom. The van der Waals surface area contributed by atoms with Crippen molar-refractivity contribution >= 4 is 11.7 Å². The molecule has 2 heterocycles. The third-order valence-electron chi connectivity index (χ3n) is 6.65. The van der Waals surface area contributed by atoms with E-state index in [4.69, 9.17) is 0 Å². The number of benzene rings is 2. The lowest BCUT2D eigenvalue weighted by molar-refractivity contribution is 0.153. The number of amides is 2. The van der Waals surface area contributed by atoms with Crippen molar-refractivity contribution < 1.29 is 4.79 Å². The van der Waals surface area contributed by atoms with E-state index in [1.165, 1.54) is 24.0 Å². The van der Waals surface area contributed by atoms with Crippen LogP contribution in [0.25, 0.3) is 0 Å². The first kappa shape index (κ1) is 20.9. The Morgan fingerprint density at radius 3 is 2.37 bits per heavy atom. The molecule has 2 amide bonds. The minimum absolute atomic E-state index is 0.0336. The van der Waals surface area contributed by atoms with E-state index in [2.05, 4.69) is 60.2 Å². The Bertz CT molecular complexity index is 841. The summed E-state index contributed by atoms with van der Waals surface area (Å²) in [7, 11) is 0. The van der Waals surface area contributed by atoms with E-state index < -0.39 is 0 Å². The van der Waals surface area contributed by atoms with Crippen molar-refractivity contribution in [3.05, 3.63) is 65.7 Å². The second-order valence-corrected chi connectivity index (χ2v) is 9.81. The van der Waals surface area contributed by atoms with Crippen LogP contribution in [0.15, 0.2) is 54.6 Å². The average molecular weight is 406 g/mol. The maximum atomic E-state index is 13.3. The van der Waals surface area contributed by atoms with E-state index >= 15 is 0 Å². The van der Waals surface area contributed by atoms with Crippen LogP contribution in [0.5, 0.6) is 0 Å². The summed E-state index contributed by atoms with van der Waals surface area (Å²) in [6.45, 7) is 9.83. The van der Waals surface area contributed by atoms with Gasteiger partial charge in [0.15, 0.2) is 0 Å². The second-order valence-electron chi connectivity index (χ2n) is 9.81. The molecule has 2 aromatic rings. The number of para-hydroxylation sites is 1. The molecule has 2 aliphatic rings. The van der Waals surface area contributed by atoms with Gasteiger partial charge >= 0.3 is 6.03 Å². The predicted molar refractivity (Wildman–Crippen MR) is 124 cm³/mol. The summed E-state index contributed by atoms with van der Waals surface area (Å²) in [4.78, 5) is 18.0. The van der Waals surface area contributed by atoms with Crippen molar-refractivity contribution in [2.24, 2.45) is 0 Å². The molecule has 4 nitrogen and oxygen atoms in total. The highest BCUT2D eigenvalue weighted by Gasteiger charge is 2.39. The zero-order valence-electron chi connectivity index (χ0n) is 18.6. The summed E-state index contributed by atoms with van der Waals surface area (Å²) in [6.07, 6.45) is 4.37. The van der Waals surface area contributed by atoms with Crippen molar-refractivity contribution in [2.75, 3.05) is 25.0 Å². The molecule has 0 aliphatic carbocycles. The molecule has 0 aromatic heterocycles. The highest BCUT2D eigenvalue weighted by atomic mass is 16.2. The number of carbonyl (C=O) groups excluding carboxylic acids is 1. The number of fused-ring (bicyclic) bond motifs is 1. The van der Waals surface area contributed by atoms with Gasteiger partial charge in [-0.15, -0.1) is 0 Å². The van der Waals surface area contributed by atoms with Gasteiger partial charge in [-0.1, -0.05) is 63.2 Å². The molecule has 4 rings (SSSR count). The summed E-state index contributed by atoms with van der Waals surface area (Å²) < 4.78 is 0. The zero-order valence-corrected chi connectivity index (χ0v) is 18.6. The van der Waals surface area contributed by atoms with E-state index in [9.17, 15) is 4.79 Å². The summed E-state index contributed by atoms with van der Waals surface area (Å²) in [5.74, 6) is 0. The lowest BCUT2D eigenvalue weighted by atomic mass is 9.86. The van der Waals surface area contributed by atoms with Gasteiger partial charge in [-0.2, -0.15) is 0 Å². The highest BCUT2D eigenvalue weighted by molar-refractivity contribution is 5.89. The number of carbonyl (C=O) groups is 1. The molecule has 30 heavy (non-hydrogen) atoms. The first-order valence-electron chi connectivity index (χ1n) is 11.4. The molecule has 2 aliphatic heterocycles. The van der Waals surface area contributed by atoms with Crippen LogP contribution in [0.4, 0.5) is 10.5 Å². The lowest BCUT2D eigenvalue weighted by Crippen LogP contribution is -2.51. The molecule has 2 atom stereocenters. The van der Waals surface area contributed by atoms with Crippen LogP contribution in [0.3, 0.4) is 0 Å². The molecule has 160 valence electrons. The number of urea groups is 1. The van der Waals surface area contributed by atoms with Gasteiger partial charge in [-0.25, -0.2) is 4.79 Å². The van der Waals surface area contributed by atoms with Crippen LogP contribution in [0.2, 0.25) is 0 Å². The van der Waals surface area contributed by atoms with Gasteiger partial charge < -0.3 is 10.2 Å². The van der Waals surface area contributed by atoms with Crippen LogP contribution >= 0.6 is 0 Å². The van der Waals surface area contributed by atoms with Crippen LogP contribution in [-0.4, -0.2) is 47.5 Å². The molecule has 0 saturated carbocycles. The SMILES string of the molecule is CC(C)(C)c1ccc(CC2C3CCCN3CCCN2C(=O)Nc2ccccc2)cc1. The third kappa shape index (κ3) is 4.70. The van der Waals surface area contributed by atoms with Crippen molar-refractivity contribution in [1.82, 2.24) is 9.80 Å². The summed E-state index contributed by atoms with van der Waals surface area (Å²) in [5, 5.41) is 3.13. The number of hydrogen-bond donors (Lipinski definition) is 1. The number of anilines is 1. The summed E-state index contributed by atoms with van der Waals surface area (Å²) in [5.41, 5.74) is 3.70. The summed E-state index contributed by atoms with van der Waals surface area (Å²) in [6, 6.07) is 19.5. The van der Waals surface area contributed by atoms with Crippen molar-refractivity contribution in [1.29, 1.82) is 0 Å². The standard InChI is InChI=1S/C26H35N3O/c1-26(2,3)21-14-12-20(13-15-21)19-24-23-11-7-16-28(23)17-8-18-29(24)25(30)27-22-9-5-4-6-10-22/h4-6,9-10,12-15,23-24H,7-8,11,16-19H2,1-3H3,(H,27,30). The second kappa shape index (κ2) is 8.81. The molecular weight excluding hydrogens is 370 g/mol. The van der Waals surface area contributed by atoms with Gasteiger partial charge in [-0.05, 0) is 60.9 Å². The largest absolute Gasteiger partial charge is 0.322 e. The Morgan fingerprint density at radius 2 is 1.67 bits per heavy atom. The molecule has 0 radical (unpaired) electrons. The molecule has 0 spiro atoms. The third-order valence-corrected chi connectivity index (χ3v) is 6.65. The lowest BCUT2D eigenvalue weighted by Gasteiger charge is -2.36. The first-order chi connectivity index (χ1) is 14.4. The van der Waals surface area contributed by atoms with Crippen LogP contribution in [0, 0.1) is 0 Å². The Kier molecular flexibility index (Phi) is 6.14. The van der Waals surface area contributed by atoms with Gasteiger partial charge in [0, 0.05) is 24.8 Å². The number of nitrogens with zero attached hydrogens (tertiary/aromatic N) is 2. The highest BCUT2D eigenvalue weighted by Crippen LogP contribution is 2.30. The normalized spacial score (nSPS) is 22.4. The van der Waals surface area contributed by atoms with Gasteiger partial charge in [-0.3, -0.25) is 4.90 Å². The molecule has 0 bridgehead atoms. The van der Waals surface area contributed by atoms with E-state index in [0.29, 0.717) is 6.04 Å². The molecule has 1 N–H and O–H groups in total. The predicted octanol–water partition coefficient (Wildman–Crippen LogP) is 5.30. The van der Waals surface area contributed by atoms with Crippen molar-refractivity contribution in [3.63, 3.8) is 0 Å². The minimum atomic E-state index is 0.0336. The fraction of sp³-hybridized carbons (Fsp3) is 0.500. The van der Waals surface area contributed by atoms with Gasteiger partial charge in [0.25, 0.3) is 0 Å². The summed E-state index contributed by atoms with van der Waals surface area (Å²) >= 11 is 0. The molecule has 2 aromatic carbocycles. The van der Waals surface area contributed by atoms with E-state index in [0.717, 1.165) is 38.2 Å². The Hall–Kier alpha value is -2.33. The fourth-order valence-corrected chi connectivity index (χ4v) is 4.98. The van der Waals surface area contributed by atoms with Crippen molar-refractivity contribution in [2.45, 2.75) is 64.0 Å². The van der Waals surface area contributed by atoms with E-state index in [1.807, 2.05) is 30.3 Å². The topological polar surface area (TPSA) is 35.6 Å². The average Bonchev–Trinajstić information content (AvgIpc) is 3.12. The van der Waals surface area contributed by atoms with Crippen LogP contribution < -0.4 is 5.32 Å². The molecule has 2 fully saturated rings. The Labute approximate surface area is 181 Å². The first-order valence-corrected chi connectivity index (χ1v) is 11.4. The molecular formula is C26H35N3O. The fourth-order valence-electron chi connectivity index (χ4n) is 4.98. The monoisotopic (exact) mass is 405 g/mol. The van der Waals surface area contributed by atoms with E-state index in [1.54, 1.807) is 0 Å². The van der Waals surface area contributed by atoms with E-state index in [-0.39, 0.29) is 17.5 Å². The minimum Gasteiger partial charge on any atom is -0.320 e. The molecule has 2 unspecified atom stereocenters. The zero-order chi connectivity index (χ0) is 21.1. The van der Waals surface area contributed by atoms with Crippen molar-refractivity contribution in [3.8, 4) is 0 Å². The number of hydrogen-bond acceptors (Lipinski definition) is 2. The smallest absolute Gasteiger partial charge is 0.320 e. The Balaban J connectivity index is 1.57. The molecule has 4 heteroatoms. The maximum Gasteiger partial charge on any atom is 0.322 e. The quantitative estimate of drug-likeness (QED) is 0.752.